The molecule has 0 spiro atoms. The molecule has 3 aliphatic rings. The smallest absolute Gasteiger partial charge is 0.0537 e. The predicted octanol–water partition coefficient (Wildman–Crippen LogP) is 20.5. The summed E-state index contributed by atoms with van der Waals surface area (Å²) in [7, 11) is 0. The average Bonchev–Trinajstić information content (AvgIpc) is 3.87. The van der Waals surface area contributed by atoms with Crippen LogP contribution in [-0.2, 0) is 6.42 Å². The van der Waals surface area contributed by atoms with Crippen LogP contribution in [0.2, 0.25) is 0 Å². The van der Waals surface area contributed by atoms with Gasteiger partial charge in [0.1, 0.15) is 0 Å². The lowest BCUT2D eigenvalue weighted by molar-refractivity contribution is 0.781. The highest BCUT2D eigenvalue weighted by Gasteiger charge is 2.26. The first-order valence-corrected chi connectivity index (χ1v) is 27.3. The van der Waals surface area contributed by atoms with Crippen LogP contribution in [0.4, 0.5) is 0 Å². The molecule has 0 saturated heterocycles. The highest BCUT2D eigenvalue weighted by molar-refractivity contribution is 6.23. The zero-order valence-electron chi connectivity index (χ0n) is 42.5. The molecule has 0 fully saturated rings. The minimum Gasteiger partial charge on any atom is -0.313 e. The first kappa shape index (κ1) is 43.8. The molecule has 1 unspecified atom stereocenters. The number of nitrogens with zero attached hydrogens (tertiary/aromatic N) is 1. The highest BCUT2D eigenvalue weighted by Crippen LogP contribution is 2.49. The Bertz CT molecular complexity index is 4760. The van der Waals surface area contributed by atoms with Crippen LogP contribution in [0, 0.1) is 5.92 Å². The molecule has 3 aliphatic carbocycles. The molecular formula is C76H51N. The number of hydrogen-bond donors (Lipinski definition) is 0. The van der Waals surface area contributed by atoms with Crippen LogP contribution in [-0.4, -0.2) is 4.57 Å². The third kappa shape index (κ3) is 7.01. The van der Waals surface area contributed by atoms with Crippen molar-refractivity contribution in [2.45, 2.75) is 19.3 Å². The minimum absolute atomic E-state index is 0.459. The molecule has 1 heterocycles. The van der Waals surface area contributed by atoms with Crippen LogP contribution >= 0.6 is 0 Å². The Morgan fingerprint density at radius 1 is 0.377 bits per heavy atom. The van der Waals surface area contributed by atoms with Crippen molar-refractivity contribution in [3.63, 3.8) is 0 Å². The van der Waals surface area contributed by atoms with Gasteiger partial charge in [-0.1, -0.05) is 225 Å². The topological polar surface area (TPSA) is 4.93 Å². The molecule has 1 heteroatoms. The first-order chi connectivity index (χ1) is 38.2. The molecule has 0 amide bonds. The van der Waals surface area contributed by atoms with E-state index in [9.17, 15) is 0 Å². The molecular weight excluding hydrogens is 927 g/mol. The zero-order chi connectivity index (χ0) is 50.6. The number of aromatic nitrogens is 1. The van der Waals surface area contributed by atoms with E-state index >= 15 is 0 Å². The second-order valence-corrected chi connectivity index (χ2v) is 21.3. The summed E-state index contributed by atoms with van der Waals surface area (Å²) in [6, 6.07) is 84.1. The number of allylic oxidation sites excluding steroid dienone is 9. The van der Waals surface area contributed by atoms with E-state index in [0.717, 1.165) is 19.3 Å². The van der Waals surface area contributed by atoms with Crippen molar-refractivity contribution in [3.05, 3.63) is 289 Å². The van der Waals surface area contributed by atoms with Crippen molar-refractivity contribution >= 4 is 92.8 Å². The summed E-state index contributed by atoms with van der Waals surface area (Å²) in [5.74, 6) is 0.459. The highest BCUT2D eigenvalue weighted by atomic mass is 15.0. The molecule has 16 rings (SSSR count). The Morgan fingerprint density at radius 2 is 0.896 bits per heavy atom. The first-order valence-electron chi connectivity index (χ1n) is 27.3. The molecule has 360 valence electrons. The van der Waals surface area contributed by atoms with Crippen LogP contribution in [0.25, 0.3) is 132 Å². The minimum atomic E-state index is 0.459. The maximum absolute atomic E-state index is 2.53. The maximum atomic E-state index is 2.53. The van der Waals surface area contributed by atoms with Gasteiger partial charge in [-0.05, 0) is 188 Å². The van der Waals surface area contributed by atoms with Crippen LogP contribution in [0.1, 0.15) is 35.2 Å². The summed E-state index contributed by atoms with van der Waals surface area (Å²) in [5, 5.41) is 16.6. The van der Waals surface area contributed by atoms with Crippen LogP contribution in [0.5, 0.6) is 0 Å². The van der Waals surface area contributed by atoms with Crippen molar-refractivity contribution in [2.75, 3.05) is 0 Å². The lowest BCUT2D eigenvalue weighted by Gasteiger charge is -2.25. The molecule has 0 bridgehead atoms. The van der Waals surface area contributed by atoms with Gasteiger partial charge in [0.25, 0.3) is 0 Å². The van der Waals surface area contributed by atoms with Crippen molar-refractivity contribution < 1.29 is 0 Å². The van der Waals surface area contributed by atoms with Gasteiger partial charge in [-0.2, -0.15) is 0 Å². The molecule has 13 aromatic rings. The zero-order valence-corrected chi connectivity index (χ0v) is 42.5. The fourth-order valence-electron chi connectivity index (χ4n) is 13.6. The van der Waals surface area contributed by atoms with Crippen molar-refractivity contribution in [3.8, 4) is 39.1 Å². The summed E-state index contributed by atoms with van der Waals surface area (Å²) in [5.41, 5.74) is 19.3. The molecule has 0 N–H and O–H groups in total. The average molecular weight is 978 g/mol. The van der Waals surface area contributed by atoms with Gasteiger partial charge in [0.2, 0.25) is 0 Å². The van der Waals surface area contributed by atoms with Gasteiger partial charge in [0.15, 0.2) is 0 Å². The maximum Gasteiger partial charge on any atom is 0.0537 e. The predicted molar refractivity (Wildman–Crippen MR) is 330 cm³/mol. The molecule has 12 aromatic carbocycles. The number of benzene rings is 12. The van der Waals surface area contributed by atoms with E-state index in [1.807, 2.05) is 0 Å². The van der Waals surface area contributed by atoms with E-state index in [2.05, 4.69) is 272 Å². The number of hydrogen-bond acceptors (Lipinski definition) is 0. The third-order valence-corrected chi connectivity index (χ3v) is 17.1. The summed E-state index contributed by atoms with van der Waals surface area (Å²) >= 11 is 0. The molecule has 0 saturated carbocycles. The second-order valence-electron chi connectivity index (χ2n) is 21.3. The summed E-state index contributed by atoms with van der Waals surface area (Å²) in [6.45, 7) is 0. The fourth-order valence-corrected chi connectivity index (χ4v) is 13.6. The van der Waals surface area contributed by atoms with Crippen LogP contribution in [0.15, 0.2) is 266 Å². The summed E-state index contributed by atoms with van der Waals surface area (Å²) in [6.07, 6.45) is 19.5. The molecule has 0 aliphatic heterocycles. The Balaban J connectivity index is 0.829. The van der Waals surface area contributed by atoms with E-state index in [0.29, 0.717) is 5.92 Å². The van der Waals surface area contributed by atoms with Crippen LogP contribution < -0.4 is 0 Å². The molecule has 1 atom stereocenters. The summed E-state index contributed by atoms with van der Waals surface area (Å²) < 4.78 is 2.53. The van der Waals surface area contributed by atoms with Gasteiger partial charge in [-0.25, -0.2) is 0 Å². The molecule has 0 radical (unpaired) electrons. The van der Waals surface area contributed by atoms with E-state index in [-0.39, 0.29) is 0 Å². The monoisotopic (exact) mass is 977 g/mol. The van der Waals surface area contributed by atoms with E-state index in [1.165, 1.54) is 154 Å². The Hall–Kier alpha value is -9.56. The molecule has 1 aromatic heterocycles. The summed E-state index contributed by atoms with van der Waals surface area (Å²) in [4.78, 5) is 0. The SMILES string of the molecule is C1=CCC2C=CC(c3c4ccccc4c(C4=Cc5c(n(-c6ccc(-c7ccc8c(-c9ccc%10ccccc%10c9)c9ccccc9c(-c9ccc%10ccccc%10c9)c8c7)cc6)c6ccccc56)CC4)c4ccccc34)=CC2=C1. The quantitative estimate of drug-likeness (QED) is 0.146. The third-order valence-electron chi connectivity index (χ3n) is 17.1. The van der Waals surface area contributed by atoms with Crippen molar-refractivity contribution in [1.82, 2.24) is 4.57 Å². The van der Waals surface area contributed by atoms with Crippen LogP contribution in [0.3, 0.4) is 0 Å². The van der Waals surface area contributed by atoms with Gasteiger partial charge >= 0.3 is 0 Å². The number of para-hydroxylation sites is 1. The van der Waals surface area contributed by atoms with Gasteiger partial charge < -0.3 is 4.57 Å². The largest absolute Gasteiger partial charge is 0.313 e. The standard InChI is InChI=1S/C76H51N/c1-4-18-52-43-56(32-29-48(52)15-1)73-62-22-7-9-24-64(62)75(65-25-10-8-23-63(65)73)59-38-42-72-69(47-59)61-21-13-14-28-71(61)77(72)60-39-35-51(36-40-60)55-37-41-68-70(46-55)76(58-34-31-50-17-3-6-20-54(50)45-58)67-27-12-11-26-66(67)74(68)57-33-30-49-16-2-5-19-53(49)44-57/h1-14,16-37,39-41,43-48H,15,38,42H2. The molecule has 1 nitrogen and oxygen atoms in total. The normalized spacial score (nSPS) is 15.1. The lowest BCUT2D eigenvalue weighted by Crippen LogP contribution is -2.07. The fraction of sp³-hybridized carbons (Fsp3) is 0.0526. The second kappa shape index (κ2) is 17.5. The van der Waals surface area contributed by atoms with Gasteiger partial charge in [-0.15, -0.1) is 0 Å². The van der Waals surface area contributed by atoms with Gasteiger partial charge in [-0.3, -0.25) is 0 Å². The lowest BCUT2D eigenvalue weighted by atomic mass is 9.79. The van der Waals surface area contributed by atoms with Crippen molar-refractivity contribution in [2.24, 2.45) is 5.92 Å². The van der Waals surface area contributed by atoms with Gasteiger partial charge in [0.05, 0.1) is 5.52 Å². The molecule has 77 heavy (non-hydrogen) atoms. The Morgan fingerprint density at radius 3 is 1.55 bits per heavy atom. The number of rotatable bonds is 6. The van der Waals surface area contributed by atoms with Gasteiger partial charge in [0, 0.05) is 28.2 Å². The Labute approximate surface area is 448 Å². The van der Waals surface area contributed by atoms with E-state index in [4.69, 9.17) is 0 Å². The van der Waals surface area contributed by atoms with Crippen molar-refractivity contribution in [1.29, 1.82) is 0 Å². The number of fused-ring (bicyclic) bond motifs is 10. The van der Waals surface area contributed by atoms with E-state index < -0.39 is 0 Å². The van der Waals surface area contributed by atoms with E-state index in [1.54, 1.807) is 0 Å². The Kier molecular flexibility index (Phi) is 9.97.